The fourth-order valence-corrected chi connectivity index (χ4v) is 2.43. The summed E-state index contributed by atoms with van der Waals surface area (Å²) in [6.45, 7) is 4.34. The number of likely N-dealkylation sites (tertiary alicyclic amines) is 1. The van der Waals surface area contributed by atoms with Gasteiger partial charge in [-0.3, -0.25) is 4.79 Å². The van der Waals surface area contributed by atoms with E-state index in [4.69, 9.17) is 15.2 Å². The zero-order valence-corrected chi connectivity index (χ0v) is 12.6. The second-order valence-corrected chi connectivity index (χ2v) is 5.34. The van der Waals surface area contributed by atoms with Crippen molar-refractivity contribution in [2.24, 2.45) is 0 Å². The van der Waals surface area contributed by atoms with Gasteiger partial charge in [-0.25, -0.2) is 0 Å². The first-order valence-corrected chi connectivity index (χ1v) is 7.56. The molecule has 0 bridgehead atoms. The van der Waals surface area contributed by atoms with Gasteiger partial charge in [0, 0.05) is 31.5 Å². The predicted octanol–water partition coefficient (Wildman–Crippen LogP) is 2.07. The number of hydrogen-bond donors (Lipinski definition) is 1. The Morgan fingerprint density at radius 2 is 2.33 bits per heavy atom. The Morgan fingerprint density at radius 1 is 1.48 bits per heavy atom. The third-order valence-electron chi connectivity index (χ3n) is 3.51. The summed E-state index contributed by atoms with van der Waals surface area (Å²) in [5.74, 6) is 0.626. The average Bonchev–Trinajstić information content (AvgIpc) is 2.51. The van der Waals surface area contributed by atoms with Crippen LogP contribution < -0.4 is 10.5 Å². The zero-order valence-electron chi connectivity index (χ0n) is 12.6. The molecule has 5 nitrogen and oxygen atoms in total. The van der Waals surface area contributed by atoms with E-state index in [1.165, 1.54) is 0 Å². The molecule has 1 atom stereocenters. The van der Waals surface area contributed by atoms with Gasteiger partial charge in [-0.2, -0.15) is 0 Å². The van der Waals surface area contributed by atoms with Crippen molar-refractivity contribution in [3.8, 4) is 5.75 Å². The van der Waals surface area contributed by atoms with E-state index in [0.717, 1.165) is 32.4 Å². The molecule has 1 aliphatic heterocycles. The summed E-state index contributed by atoms with van der Waals surface area (Å²) in [4.78, 5) is 14.0. The van der Waals surface area contributed by atoms with Crippen molar-refractivity contribution < 1.29 is 14.3 Å². The van der Waals surface area contributed by atoms with E-state index in [9.17, 15) is 4.79 Å². The first kappa shape index (κ1) is 15.6. The van der Waals surface area contributed by atoms with Crippen LogP contribution in [0.4, 0.5) is 5.69 Å². The van der Waals surface area contributed by atoms with Crippen LogP contribution in [0.15, 0.2) is 24.3 Å². The minimum Gasteiger partial charge on any atom is -0.484 e. The number of benzene rings is 1. The van der Waals surface area contributed by atoms with E-state index in [-0.39, 0.29) is 18.6 Å². The van der Waals surface area contributed by atoms with Crippen molar-refractivity contribution in [2.45, 2.75) is 32.3 Å². The fourth-order valence-electron chi connectivity index (χ4n) is 2.43. The lowest BCUT2D eigenvalue weighted by molar-refractivity contribution is -0.137. The van der Waals surface area contributed by atoms with E-state index in [2.05, 4.69) is 6.92 Å². The second kappa shape index (κ2) is 7.88. The van der Waals surface area contributed by atoms with Crippen LogP contribution in [0.1, 0.15) is 26.2 Å². The molecule has 1 aliphatic rings. The number of nitrogens with two attached hydrogens (primary N) is 1. The highest BCUT2D eigenvalue weighted by molar-refractivity contribution is 5.78. The lowest BCUT2D eigenvalue weighted by Gasteiger charge is -2.32. The number of nitrogens with zero attached hydrogens (tertiary/aromatic N) is 1. The van der Waals surface area contributed by atoms with Gasteiger partial charge in [0.05, 0.1) is 6.10 Å². The Hall–Kier alpha value is -1.75. The van der Waals surface area contributed by atoms with Crippen molar-refractivity contribution in [3.05, 3.63) is 24.3 Å². The largest absolute Gasteiger partial charge is 0.484 e. The van der Waals surface area contributed by atoms with Gasteiger partial charge < -0.3 is 20.1 Å². The van der Waals surface area contributed by atoms with Gasteiger partial charge >= 0.3 is 0 Å². The summed E-state index contributed by atoms with van der Waals surface area (Å²) in [5, 5.41) is 0. The molecule has 116 valence electrons. The maximum atomic E-state index is 12.2. The third kappa shape index (κ3) is 4.93. The molecular weight excluding hydrogens is 268 g/mol. The van der Waals surface area contributed by atoms with Crippen LogP contribution >= 0.6 is 0 Å². The molecule has 1 saturated heterocycles. The van der Waals surface area contributed by atoms with Crippen LogP contribution in [0.2, 0.25) is 0 Å². The van der Waals surface area contributed by atoms with E-state index in [1.807, 2.05) is 11.0 Å². The molecule has 0 saturated carbocycles. The summed E-state index contributed by atoms with van der Waals surface area (Å²) in [6, 6.07) is 7.11. The number of rotatable bonds is 6. The van der Waals surface area contributed by atoms with Gasteiger partial charge in [0.2, 0.25) is 0 Å². The molecule has 1 aromatic rings. The predicted molar refractivity (Wildman–Crippen MR) is 82.2 cm³/mol. The standard InChI is InChI=1S/C16H24N2O3/c1-2-9-20-15-7-4-8-18(11-15)16(19)12-21-14-6-3-5-13(17)10-14/h3,5-6,10,15H,2,4,7-9,11-12,17H2,1H3. The molecule has 0 aromatic heterocycles. The highest BCUT2D eigenvalue weighted by Crippen LogP contribution is 2.16. The van der Waals surface area contributed by atoms with Gasteiger partial charge in [0.25, 0.3) is 5.91 Å². The molecule has 1 amide bonds. The highest BCUT2D eigenvalue weighted by Gasteiger charge is 2.24. The molecule has 1 heterocycles. The van der Waals surface area contributed by atoms with E-state index >= 15 is 0 Å². The van der Waals surface area contributed by atoms with Gasteiger partial charge in [-0.15, -0.1) is 0 Å². The van der Waals surface area contributed by atoms with Crippen molar-refractivity contribution in [2.75, 3.05) is 32.0 Å². The Balaban J connectivity index is 1.79. The third-order valence-corrected chi connectivity index (χ3v) is 3.51. The minimum atomic E-state index is 0.00206. The van der Waals surface area contributed by atoms with Crippen molar-refractivity contribution in [1.82, 2.24) is 4.90 Å². The van der Waals surface area contributed by atoms with E-state index < -0.39 is 0 Å². The number of ether oxygens (including phenoxy) is 2. The van der Waals surface area contributed by atoms with Crippen LogP contribution in [-0.2, 0) is 9.53 Å². The lowest BCUT2D eigenvalue weighted by Crippen LogP contribution is -2.45. The monoisotopic (exact) mass is 292 g/mol. The van der Waals surface area contributed by atoms with Crippen molar-refractivity contribution in [3.63, 3.8) is 0 Å². The maximum Gasteiger partial charge on any atom is 0.260 e. The van der Waals surface area contributed by atoms with E-state index in [0.29, 0.717) is 18.0 Å². The molecule has 0 aliphatic carbocycles. The number of amides is 1. The van der Waals surface area contributed by atoms with Gasteiger partial charge in [0.1, 0.15) is 5.75 Å². The summed E-state index contributed by atoms with van der Waals surface area (Å²) >= 11 is 0. The molecular formula is C16H24N2O3. The molecule has 1 aromatic carbocycles. The van der Waals surface area contributed by atoms with Crippen LogP contribution in [0.3, 0.4) is 0 Å². The molecule has 1 fully saturated rings. The fraction of sp³-hybridized carbons (Fsp3) is 0.562. The smallest absolute Gasteiger partial charge is 0.260 e. The Morgan fingerprint density at radius 3 is 3.10 bits per heavy atom. The van der Waals surface area contributed by atoms with Crippen LogP contribution in [-0.4, -0.2) is 43.2 Å². The quantitative estimate of drug-likeness (QED) is 0.815. The Kier molecular flexibility index (Phi) is 5.87. The normalized spacial score (nSPS) is 18.5. The first-order chi connectivity index (χ1) is 10.2. The summed E-state index contributed by atoms with van der Waals surface area (Å²) in [6.07, 6.45) is 3.18. The molecule has 5 heteroatoms. The Bertz CT molecular complexity index is 465. The van der Waals surface area contributed by atoms with Crippen LogP contribution in [0.5, 0.6) is 5.75 Å². The van der Waals surface area contributed by atoms with Gasteiger partial charge in [-0.1, -0.05) is 13.0 Å². The molecule has 2 N–H and O–H groups in total. The lowest BCUT2D eigenvalue weighted by atomic mass is 10.1. The number of carbonyl (C=O) groups excluding carboxylic acids is 1. The average molecular weight is 292 g/mol. The maximum absolute atomic E-state index is 12.2. The second-order valence-electron chi connectivity index (χ2n) is 5.34. The topological polar surface area (TPSA) is 64.8 Å². The summed E-state index contributed by atoms with van der Waals surface area (Å²) < 4.78 is 11.2. The van der Waals surface area contributed by atoms with Gasteiger partial charge in [0.15, 0.2) is 6.61 Å². The van der Waals surface area contributed by atoms with Crippen LogP contribution in [0, 0.1) is 0 Å². The van der Waals surface area contributed by atoms with Gasteiger partial charge in [-0.05, 0) is 31.4 Å². The summed E-state index contributed by atoms with van der Waals surface area (Å²) in [7, 11) is 0. The number of carbonyl (C=O) groups is 1. The van der Waals surface area contributed by atoms with E-state index in [1.54, 1.807) is 18.2 Å². The minimum absolute atomic E-state index is 0.00206. The molecule has 2 rings (SSSR count). The molecule has 0 spiro atoms. The van der Waals surface area contributed by atoms with Crippen LogP contribution in [0.25, 0.3) is 0 Å². The number of nitrogen functional groups attached to an aromatic ring is 1. The SMILES string of the molecule is CCCOC1CCCN(C(=O)COc2cccc(N)c2)C1. The number of piperidine rings is 1. The zero-order chi connectivity index (χ0) is 15.1. The molecule has 0 radical (unpaired) electrons. The first-order valence-electron chi connectivity index (χ1n) is 7.56. The van der Waals surface area contributed by atoms with Crippen molar-refractivity contribution >= 4 is 11.6 Å². The van der Waals surface area contributed by atoms with Crippen molar-refractivity contribution in [1.29, 1.82) is 0 Å². The highest BCUT2D eigenvalue weighted by atomic mass is 16.5. The molecule has 21 heavy (non-hydrogen) atoms. The summed E-state index contributed by atoms with van der Waals surface area (Å²) in [5.41, 5.74) is 6.31. The number of hydrogen-bond acceptors (Lipinski definition) is 4. The Labute approximate surface area is 126 Å². The number of anilines is 1. The molecule has 1 unspecified atom stereocenters.